The average Bonchev–Trinajstić information content (AvgIpc) is 2.54. The van der Waals surface area contributed by atoms with Crippen molar-refractivity contribution in [3.63, 3.8) is 0 Å². The fourth-order valence-corrected chi connectivity index (χ4v) is 3.14. The Morgan fingerprint density at radius 1 is 1.05 bits per heavy atom. The van der Waals surface area contributed by atoms with Gasteiger partial charge in [-0.2, -0.15) is 0 Å². The fourth-order valence-electron chi connectivity index (χ4n) is 3.14. The molecule has 5 heteroatoms. The molecule has 21 heavy (non-hydrogen) atoms. The van der Waals surface area contributed by atoms with Gasteiger partial charge in [0.05, 0.1) is 18.6 Å². The fraction of sp³-hybridized carbons (Fsp3) is 0.875. The van der Waals surface area contributed by atoms with Crippen LogP contribution in [-0.2, 0) is 19.1 Å². The number of carbonyl (C=O) groups excluding carboxylic acids is 2. The van der Waals surface area contributed by atoms with E-state index in [0.717, 1.165) is 12.8 Å². The van der Waals surface area contributed by atoms with Crippen LogP contribution in [0.2, 0.25) is 0 Å². The van der Waals surface area contributed by atoms with Crippen LogP contribution in [0.25, 0.3) is 0 Å². The van der Waals surface area contributed by atoms with Crippen LogP contribution in [0.5, 0.6) is 0 Å². The summed E-state index contributed by atoms with van der Waals surface area (Å²) in [6.45, 7) is 3.70. The molecule has 0 N–H and O–H groups in total. The number of esters is 1. The quantitative estimate of drug-likeness (QED) is 0.730. The number of ether oxygens (including phenoxy) is 2. The van der Waals surface area contributed by atoms with Gasteiger partial charge in [0.15, 0.2) is 0 Å². The van der Waals surface area contributed by atoms with E-state index >= 15 is 0 Å². The second kappa shape index (κ2) is 8.37. The molecule has 0 aromatic heterocycles. The molecule has 1 aliphatic heterocycles. The van der Waals surface area contributed by atoms with Crippen molar-refractivity contribution >= 4 is 11.9 Å². The molecule has 0 aromatic carbocycles. The van der Waals surface area contributed by atoms with Crippen molar-refractivity contribution in [3.05, 3.63) is 0 Å². The molecular weight excluding hydrogens is 270 g/mol. The Balaban J connectivity index is 1.66. The van der Waals surface area contributed by atoms with Gasteiger partial charge < -0.3 is 14.4 Å². The molecule has 1 amide bonds. The van der Waals surface area contributed by atoms with Crippen LogP contribution in [0.15, 0.2) is 0 Å². The maximum Gasteiger partial charge on any atom is 0.309 e. The van der Waals surface area contributed by atoms with Gasteiger partial charge in [-0.1, -0.05) is 19.3 Å². The minimum Gasteiger partial charge on any atom is -0.466 e. The van der Waals surface area contributed by atoms with Crippen LogP contribution in [0.3, 0.4) is 0 Å². The van der Waals surface area contributed by atoms with Crippen LogP contribution in [-0.4, -0.2) is 49.2 Å². The molecule has 120 valence electrons. The number of amides is 1. The standard InChI is InChI=1S/C16H27NO4/c1-2-20-16(19)13-8-10-17(11-9-13)15(18)12-21-14-6-4-3-5-7-14/h13-14H,2-12H2,1H3. The van der Waals surface area contributed by atoms with Gasteiger partial charge >= 0.3 is 5.97 Å². The summed E-state index contributed by atoms with van der Waals surface area (Å²) in [6, 6.07) is 0. The molecule has 0 bridgehead atoms. The molecule has 1 saturated carbocycles. The smallest absolute Gasteiger partial charge is 0.309 e. The first-order chi connectivity index (χ1) is 10.2. The van der Waals surface area contributed by atoms with Gasteiger partial charge in [-0.15, -0.1) is 0 Å². The normalized spacial score (nSPS) is 21.3. The van der Waals surface area contributed by atoms with Crippen molar-refractivity contribution in [1.82, 2.24) is 4.90 Å². The largest absolute Gasteiger partial charge is 0.466 e. The Kier molecular flexibility index (Phi) is 6.49. The number of rotatable bonds is 5. The van der Waals surface area contributed by atoms with Crippen molar-refractivity contribution in [2.45, 2.75) is 58.0 Å². The Morgan fingerprint density at radius 3 is 2.33 bits per heavy atom. The number of piperidine rings is 1. The van der Waals surface area contributed by atoms with Crippen molar-refractivity contribution < 1.29 is 19.1 Å². The predicted molar refractivity (Wildman–Crippen MR) is 78.8 cm³/mol. The van der Waals surface area contributed by atoms with Crippen LogP contribution in [0.1, 0.15) is 51.9 Å². The Morgan fingerprint density at radius 2 is 1.71 bits per heavy atom. The van der Waals surface area contributed by atoms with Crippen molar-refractivity contribution in [2.24, 2.45) is 5.92 Å². The summed E-state index contributed by atoms with van der Waals surface area (Å²) in [5.41, 5.74) is 0. The van der Waals surface area contributed by atoms with Gasteiger partial charge in [0.2, 0.25) is 5.91 Å². The summed E-state index contributed by atoms with van der Waals surface area (Å²) in [7, 11) is 0. The Labute approximate surface area is 127 Å². The van der Waals surface area contributed by atoms with E-state index in [1.165, 1.54) is 19.3 Å². The summed E-state index contributed by atoms with van der Waals surface area (Å²) in [5.74, 6) is -0.112. The van der Waals surface area contributed by atoms with Crippen molar-refractivity contribution in [1.29, 1.82) is 0 Å². The number of hydrogen-bond donors (Lipinski definition) is 0. The summed E-state index contributed by atoms with van der Waals surface area (Å²) < 4.78 is 10.8. The lowest BCUT2D eigenvalue weighted by Gasteiger charge is -2.31. The van der Waals surface area contributed by atoms with Gasteiger partial charge in [-0.05, 0) is 32.6 Å². The first-order valence-corrected chi connectivity index (χ1v) is 8.26. The third-order valence-corrected chi connectivity index (χ3v) is 4.46. The first kappa shape index (κ1) is 16.3. The Bertz CT molecular complexity index is 344. The minimum atomic E-state index is -0.122. The third kappa shape index (κ3) is 4.99. The molecule has 0 radical (unpaired) electrons. The van der Waals surface area contributed by atoms with Crippen LogP contribution < -0.4 is 0 Å². The molecule has 0 atom stereocenters. The number of nitrogens with zero attached hydrogens (tertiary/aromatic N) is 1. The SMILES string of the molecule is CCOC(=O)C1CCN(C(=O)COC2CCCCC2)CC1. The van der Waals surface area contributed by atoms with Crippen LogP contribution in [0, 0.1) is 5.92 Å². The third-order valence-electron chi connectivity index (χ3n) is 4.46. The zero-order valence-electron chi connectivity index (χ0n) is 13.0. The van der Waals surface area contributed by atoms with Gasteiger partial charge in [0, 0.05) is 13.1 Å². The molecule has 2 fully saturated rings. The molecule has 5 nitrogen and oxygen atoms in total. The highest BCUT2D eigenvalue weighted by molar-refractivity contribution is 5.78. The predicted octanol–water partition coefficient (Wildman–Crippen LogP) is 2.14. The molecule has 1 heterocycles. The van der Waals surface area contributed by atoms with E-state index in [1.807, 2.05) is 11.8 Å². The summed E-state index contributed by atoms with van der Waals surface area (Å²) in [5, 5.41) is 0. The van der Waals surface area contributed by atoms with Gasteiger partial charge in [0.1, 0.15) is 6.61 Å². The van der Waals surface area contributed by atoms with E-state index in [2.05, 4.69) is 0 Å². The maximum absolute atomic E-state index is 12.1. The zero-order chi connectivity index (χ0) is 15.1. The molecule has 2 rings (SSSR count). The second-order valence-electron chi connectivity index (χ2n) is 5.98. The number of hydrogen-bond acceptors (Lipinski definition) is 4. The molecule has 1 saturated heterocycles. The number of carbonyl (C=O) groups is 2. The van der Waals surface area contributed by atoms with Crippen molar-refractivity contribution in [3.8, 4) is 0 Å². The molecule has 0 unspecified atom stereocenters. The number of likely N-dealkylation sites (tertiary alicyclic amines) is 1. The van der Waals surface area contributed by atoms with Gasteiger partial charge in [-0.3, -0.25) is 9.59 Å². The second-order valence-corrected chi connectivity index (χ2v) is 5.98. The molecule has 0 aromatic rings. The molecular formula is C16H27NO4. The van der Waals surface area contributed by atoms with E-state index < -0.39 is 0 Å². The monoisotopic (exact) mass is 297 g/mol. The average molecular weight is 297 g/mol. The van der Waals surface area contributed by atoms with E-state index in [4.69, 9.17) is 9.47 Å². The summed E-state index contributed by atoms with van der Waals surface area (Å²) in [6.07, 6.45) is 7.54. The molecule has 0 spiro atoms. The highest BCUT2D eigenvalue weighted by Gasteiger charge is 2.28. The van der Waals surface area contributed by atoms with Crippen LogP contribution >= 0.6 is 0 Å². The first-order valence-electron chi connectivity index (χ1n) is 8.26. The highest BCUT2D eigenvalue weighted by atomic mass is 16.5. The maximum atomic E-state index is 12.1. The Hall–Kier alpha value is -1.10. The van der Waals surface area contributed by atoms with E-state index in [1.54, 1.807) is 0 Å². The highest BCUT2D eigenvalue weighted by Crippen LogP contribution is 2.21. The minimum absolute atomic E-state index is 0.0479. The summed E-state index contributed by atoms with van der Waals surface area (Å²) >= 11 is 0. The molecule has 1 aliphatic carbocycles. The lowest BCUT2D eigenvalue weighted by atomic mass is 9.97. The molecule has 2 aliphatic rings. The van der Waals surface area contributed by atoms with E-state index in [-0.39, 0.29) is 30.5 Å². The lowest BCUT2D eigenvalue weighted by Crippen LogP contribution is -2.42. The van der Waals surface area contributed by atoms with Gasteiger partial charge in [0.25, 0.3) is 0 Å². The van der Waals surface area contributed by atoms with Gasteiger partial charge in [-0.25, -0.2) is 0 Å². The lowest BCUT2D eigenvalue weighted by molar-refractivity contribution is -0.152. The topological polar surface area (TPSA) is 55.8 Å². The van der Waals surface area contributed by atoms with E-state index in [9.17, 15) is 9.59 Å². The zero-order valence-corrected chi connectivity index (χ0v) is 13.0. The van der Waals surface area contributed by atoms with E-state index in [0.29, 0.717) is 32.5 Å². The summed E-state index contributed by atoms with van der Waals surface area (Å²) in [4.78, 5) is 25.6. The van der Waals surface area contributed by atoms with Crippen LogP contribution in [0.4, 0.5) is 0 Å². The van der Waals surface area contributed by atoms with Crippen molar-refractivity contribution in [2.75, 3.05) is 26.3 Å².